The number of hydrogen-bond acceptors (Lipinski definition) is 8. The van der Waals surface area contributed by atoms with E-state index < -0.39 is 63.7 Å². The summed E-state index contributed by atoms with van der Waals surface area (Å²) in [6.07, 6.45) is -6.43. The van der Waals surface area contributed by atoms with E-state index in [9.17, 15) is 65.9 Å². The number of nitrogens with zero attached hydrogens (tertiary/aromatic N) is 2. The molecule has 0 unspecified atom stereocenters. The standard InChI is InChI=1S/C24H13Cl4F3N2O4.C24H17F3N2O4/c1-9-2-4-12(15(34)6-9)21(37)18-19(17(26)22(27)32-18)33-14(8-13(25)23(33)28)20(36)11-5-3-10(7-16(11)35)24(29,30)31;1-13-4-6-16(19(30)11-13)23(33)21-17(8-9-28-21)29-10-2-3-18(29)22(32)15-7-5-14(12-20(15)31)24(25,26)27/h2-8,32,34-35H,1H3;2-12,28,30-31H,1H3. The van der Waals surface area contributed by atoms with Gasteiger partial charge in [0.15, 0.2) is 0 Å². The molecule has 6 N–H and O–H groups in total. The number of nitrogens with one attached hydrogen (secondary N) is 2. The molecule has 4 heterocycles. The summed E-state index contributed by atoms with van der Waals surface area (Å²) in [5.41, 5.74) is -2.09. The van der Waals surface area contributed by atoms with Gasteiger partial charge in [0.05, 0.1) is 61.2 Å². The van der Waals surface area contributed by atoms with Crippen LogP contribution in [-0.4, -0.2) is 62.7 Å². The van der Waals surface area contributed by atoms with E-state index in [-0.39, 0.29) is 77.0 Å². The normalized spacial score (nSPS) is 11.6. The molecule has 0 atom stereocenters. The number of aromatic hydroxyl groups is 4. The van der Waals surface area contributed by atoms with Gasteiger partial charge in [-0.05, 0) is 110 Å². The monoisotopic (exact) mass is 1040 g/mol. The first kappa shape index (κ1) is 50.5. The topological polar surface area (TPSA) is 191 Å². The molecule has 0 aliphatic carbocycles. The number of phenols is 4. The van der Waals surface area contributed by atoms with Crippen molar-refractivity contribution in [2.24, 2.45) is 0 Å². The van der Waals surface area contributed by atoms with E-state index in [2.05, 4.69) is 9.97 Å². The summed E-state index contributed by atoms with van der Waals surface area (Å²) in [7, 11) is 0. The molecule has 8 rings (SSSR count). The Labute approximate surface area is 410 Å². The molecule has 0 aliphatic heterocycles. The number of phenolic OH excluding ortho intramolecular Hbond substituents is 4. The van der Waals surface area contributed by atoms with E-state index in [1.165, 1.54) is 53.4 Å². The molecule has 0 amide bonds. The van der Waals surface area contributed by atoms with Crippen LogP contribution in [0.3, 0.4) is 0 Å². The van der Waals surface area contributed by atoms with Crippen LogP contribution < -0.4 is 0 Å². The van der Waals surface area contributed by atoms with E-state index in [0.717, 1.165) is 28.3 Å². The number of H-pyrrole nitrogens is 2. The third-order valence-electron chi connectivity index (χ3n) is 10.6. The van der Waals surface area contributed by atoms with Gasteiger partial charge in [-0.3, -0.25) is 23.7 Å². The van der Waals surface area contributed by atoms with Gasteiger partial charge >= 0.3 is 12.4 Å². The number of rotatable bonds is 10. The van der Waals surface area contributed by atoms with Crippen LogP contribution in [0.5, 0.6) is 23.0 Å². The summed E-state index contributed by atoms with van der Waals surface area (Å²) < 4.78 is 80.0. The zero-order valence-electron chi connectivity index (χ0n) is 35.5. The van der Waals surface area contributed by atoms with Gasteiger partial charge in [-0.15, -0.1) is 0 Å². The quantitative estimate of drug-likeness (QED) is 0.0576. The molecule has 70 heavy (non-hydrogen) atoms. The Balaban J connectivity index is 0.000000208. The third-order valence-corrected chi connectivity index (χ3v) is 12.1. The van der Waals surface area contributed by atoms with Crippen molar-refractivity contribution < 1.29 is 65.9 Å². The lowest BCUT2D eigenvalue weighted by Gasteiger charge is -2.13. The molecule has 360 valence electrons. The second-order valence-corrected chi connectivity index (χ2v) is 16.8. The van der Waals surface area contributed by atoms with Gasteiger partial charge in [-0.1, -0.05) is 58.5 Å². The molecule has 0 saturated heterocycles. The summed E-state index contributed by atoms with van der Waals surface area (Å²) >= 11 is 25.0. The lowest BCUT2D eigenvalue weighted by Crippen LogP contribution is -2.13. The number of ketones is 4. The highest BCUT2D eigenvalue weighted by molar-refractivity contribution is 6.45. The van der Waals surface area contributed by atoms with E-state index in [4.69, 9.17) is 46.4 Å². The number of aromatic nitrogens is 4. The van der Waals surface area contributed by atoms with Gasteiger partial charge in [-0.25, -0.2) is 0 Å². The molecule has 4 aromatic carbocycles. The Bertz CT molecular complexity index is 3420. The maximum atomic E-state index is 13.4. The first-order valence-electron chi connectivity index (χ1n) is 19.9. The summed E-state index contributed by atoms with van der Waals surface area (Å²) in [6.45, 7) is 3.47. The molecule has 0 radical (unpaired) electrons. The number of aromatic amines is 2. The maximum absolute atomic E-state index is 13.4. The molecule has 8 aromatic rings. The van der Waals surface area contributed by atoms with Crippen molar-refractivity contribution in [3.8, 4) is 34.4 Å². The fourth-order valence-electron chi connectivity index (χ4n) is 7.19. The van der Waals surface area contributed by atoms with E-state index >= 15 is 0 Å². The number of carbonyl (C=O) groups is 4. The Hall–Kier alpha value is -7.38. The number of carbonyl (C=O) groups excluding carboxylic acids is 4. The molecule has 4 aromatic heterocycles. The van der Waals surface area contributed by atoms with Gasteiger partial charge in [0.1, 0.15) is 49.7 Å². The fraction of sp³-hybridized carbons (Fsp3) is 0.0833. The molecule has 0 saturated carbocycles. The third kappa shape index (κ3) is 9.76. The lowest BCUT2D eigenvalue weighted by molar-refractivity contribution is -0.138. The number of benzene rings is 4. The van der Waals surface area contributed by atoms with Gasteiger partial charge < -0.3 is 35.0 Å². The maximum Gasteiger partial charge on any atom is 0.416 e. The molecule has 12 nitrogen and oxygen atoms in total. The van der Waals surface area contributed by atoms with Gasteiger partial charge in [0.2, 0.25) is 23.1 Å². The van der Waals surface area contributed by atoms with E-state index in [1.54, 1.807) is 32.0 Å². The first-order chi connectivity index (χ1) is 32.8. The molecule has 0 aliphatic rings. The zero-order chi connectivity index (χ0) is 51.3. The Morgan fingerprint density at radius 1 is 0.557 bits per heavy atom. The summed E-state index contributed by atoms with van der Waals surface area (Å²) in [5.74, 6) is -5.28. The summed E-state index contributed by atoms with van der Waals surface area (Å²) in [5, 5.41) is 39.9. The number of hydrogen-bond donors (Lipinski definition) is 6. The fourth-order valence-corrected chi connectivity index (χ4v) is 8.01. The average Bonchev–Trinajstić information content (AvgIpc) is 4.09. The highest BCUT2D eigenvalue weighted by atomic mass is 35.5. The molecular weight excluding hydrogens is 1020 g/mol. The molecular formula is C48H30Cl4F6N4O8. The van der Waals surface area contributed by atoms with Crippen molar-refractivity contribution in [3.63, 3.8) is 0 Å². The average molecular weight is 1050 g/mol. The Morgan fingerprint density at radius 3 is 1.50 bits per heavy atom. The predicted molar refractivity (Wildman–Crippen MR) is 246 cm³/mol. The molecule has 0 fully saturated rings. The van der Waals surface area contributed by atoms with Gasteiger partial charge in [-0.2, -0.15) is 26.3 Å². The second-order valence-electron chi connectivity index (χ2n) is 15.3. The van der Waals surface area contributed by atoms with Crippen molar-refractivity contribution in [3.05, 3.63) is 197 Å². The van der Waals surface area contributed by atoms with Crippen LogP contribution in [0.15, 0.2) is 109 Å². The van der Waals surface area contributed by atoms with Crippen LogP contribution in [0.1, 0.15) is 86.5 Å². The van der Waals surface area contributed by atoms with Crippen LogP contribution in [0.25, 0.3) is 11.4 Å². The smallest absolute Gasteiger partial charge is 0.416 e. The van der Waals surface area contributed by atoms with Crippen LogP contribution in [0, 0.1) is 13.8 Å². The summed E-state index contributed by atoms with van der Waals surface area (Å²) in [6, 6.07) is 18.4. The molecule has 0 spiro atoms. The highest BCUT2D eigenvalue weighted by Gasteiger charge is 2.35. The van der Waals surface area contributed by atoms with Gasteiger partial charge in [0, 0.05) is 12.4 Å². The minimum Gasteiger partial charge on any atom is -0.507 e. The van der Waals surface area contributed by atoms with Gasteiger partial charge in [0.25, 0.3) is 0 Å². The van der Waals surface area contributed by atoms with Crippen molar-refractivity contribution >= 4 is 69.5 Å². The highest BCUT2D eigenvalue weighted by Crippen LogP contribution is 2.42. The number of aryl methyl sites for hydroxylation is 2. The Morgan fingerprint density at radius 2 is 1.01 bits per heavy atom. The van der Waals surface area contributed by atoms with Crippen LogP contribution in [0.4, 0.5) is 26.3 Å². The van der Waals surface area contributed by atoms with E-state index in [0.29, 0.717) is 35.5 Å². The second kappa shape index (κ2) is 19.2. The van der Waals surface area contributed by atoms with Crippen molar-refractivity contribution in [2.75, 3.05) is 0 Å². The van der Waals surface area contributed by atoms with Crippen LogP contribution >= 0.6 is 46.4 Å². The van der Waals surface area contributed by atoms with Crippen molar-refractivity contribution in [1.82, 2.24) is 19.1 Å². The minimum absolute atomic E-state index is 0.0202. The Kier molecular flexibility index (Phi) is 13.8. The molecule has 0 bridgehead atoms. The first-order valence-corrected chi connectivity index (χ1v) is 21.4. The molecule has 22 heteroatoms. The minimum atomic E-state index is -4.75. The zero-order valence-corrected chi connectivity index (χ0v) is 38.5. The number of alkyl halides is 6. The van der Waals surface area contributed by atoms with E-state index in [1.807, 2.05) is 0 Å². The largest absolute Gasteiger partial charge is 0.507 e. The van der Waals surface area contributed by atoms with Crippen molar-refractivity contribution in [1.29, 1.82) is 0 Å². The SMILES string of the molecule is Cc1ccc(C(=O)c2[nH]c(Cl)c(Cl)c2-n2c(C(=O)c3ccc(C(F)(F)F)cc3O)cc(Cl)c2Cl)c(O)c1.Cc1ccc(C(=O)c2[nH]ccc2-n2cccc2C(=O)c2ccc(C(F)(F)F)cc2O)c(O)c1. The van der Waals surface area contributed by atoms with Crippen LogP contribution in [0.2, 0.25) is 20.4 Å². The summed E-state index contributed by atoms with van der Waals surface area (Å²) in [4.78, 5) is 58.2. The van der Waals surface area contributed by atoms with Crippen LogP contribution in [-0.2, 0) is 12.4 Å². The van der Waals surface area contributed by atoms with Crippen molar-refractivity contribution in [2.45, 2.75) is 26.2 Å². The number of halogens is 10. The lowest BCUT2D eigenvalue weighted by atomic mass is 10.0. The predicted octanol–water partition coefficient (Wildman–Crippen LogP) is 12.6.